The summed E-state index contributed by atoms with van der Waals surface area (Å²) in [6, 6.07) is 3.98. The van der Waals surface area contributed by atoms with Crippen molar-refractivity contribution in [2.75, 3.05) is 54.1 Å². The van der Waals surface area contributed by atoms with Gasteiger partial charge in [0, 0.05) is 6.54 Å². The summed E-state index contributed by atoms with van der Waals surface area (Å²) in [4.78, 5) is 14.9. The lowest BCUT2D eigenvalue weighted by Gasteiger charge is -2.32. The summed E-state index contributed by atoms with van der Waals surface area (Å²) < 4.78 is 16.4. The van der Waals surface area contributed by atoms with Crippen LogP contribution in [0.1, 0.15) is 19.4 Å². The quantitative estimate of drug-likeness (QED) is 0.524. The van der Waals surface area contributed by atoms with Gasteiger partial charge in [-0.2, -0.15) is 0 Å². The standard InChI is InChI=1S/C19H31N3O4/c1-6-20-19(23)14(2)22-11-9-21(10-12-22)13-15-7-8-16(24-3)18(26-5)17(15)25-4/h7-8,14H,6,9-13H2,1-5H3,(H,20,23)/p+2/t14-/m1/s1. The van der Waals surface area contributed by atoms with Crippen molar-refractivity contribution in [3.05, 3.63) is 17.7 Å². The molecule has 0 aliphatic carbocycles. The van der Waals surface area contributed by atoms with Crippen LogP contribution in [0.5, 0.6) is 17.2 Å². The van der Waals surface area contributed by atoms with Crippen molar-refractivity contribution in [2.24, 2.45) is 0 Å². The van der Waals surface area contributed by atoms with Gasteiger partial charge < -0.3 is 29.3 Å². The van der Waals surface area contributed by atoms with Crippen LogP contribution in [0.4, 0.5) is 0 Å². The van der Waals surface area contributed by atoms with Gasteiger partial charge in [0.05, 0.1) is 26.9 Å². The molecule has 0 unspecified atom stereocenters. The van der Waals surface area contributed by atoms with Crippen molar-refractivity contribution in [3.63, 3.8) is 0 Å². The highest BCUT2D eigenvalue weighted by Gasteiger charge is 2.31. The number of carbonyl (C=O) groups excluding carboxylic acids is 1. The minimum Gasteiger partial charge on any atom is -0.493 e. The SMILES string of the molecule is CCNC(=O)[C@@H](C)[NH+]1CC[NH+](Cc2ccc(OC)c(OC)c2OC)CC1. The van der Waals surface area contributed by atoms with E-state index in [-0.39, 0.29) is 11.9 Å². The highest BCUT2D eigenvalue weighted by atomic mass is 16.5. The molecular weight excluding hydrogens is 334 g/mol. The molecule has 1 aromatic rings. The Morgan fingerprint density at radius 2 is 1.73 bits per heavy atom. The molecule has 0 bridgehead atoms. The van der Waals surface area contributed by atoms with Gasteiger partial charge in [0.25, 0.3) is 5.91 Å². The molecule has 1 heterocycles. The molecule has 1 fully saturated rings. The Bertz CT molecular complexity index is 601. The van der Waals surface area contributed by atoms with E-state index in [1.165, 1.54) is 9.80 Å². The second kappa shape index (κ2) is 9.64. The molecule has 1 amide bonds. The molecule has 0 saturated carbocycles. The summed E-state index contributed by atoms with van der Waals surface area (Å²) in [6.45, 7) is 9.56. The van der Waals surface area contributed by atoms with Gasteiger partial charge in [-0.05, 0) is 26.0 Å². The molecule has 1 aromatic carbocycles. The van der Waals surface area contributed by atoms with Crippen molar-refractivity contribution < 1.29 is 28.8 Å². The van der Waals surface area contributed by atoms with Gasteiger partial charge in [-0.1, -0.05) is 0 Å². The Kier molecular flexibility index (Phi) is 7.53. The first-order chi connectivity index (χ1) is 12.5. The summed E-state index contributed by atoms with van der Waals surface area (Å²) >= 11 is 0. The lowest BCUT2D eigenvalue weighted by atomic mass is 10.1. The maximum absolute atomic E-state index is 12.0. The van der Waals surface area contributed by atoms with Gasteiger partial charge >= 0.3 is 0 Å². The predicted octanol–water partition coefficient (Wildman–Crippen LogP) is -1.48. The minimum absolute atomic E-state index is 0.00659. The average molecular weight is 367 g/mol. The van der Waals surface area contributed by atoms with Crippen molar-refractivity contribution in [2.45, 2.75) is 26.4 Å². The minimum atomic E-state index is 0.00659. The largest absolute Gasteiger partial charge is 0.493 e. The summed E-state index contributed by atoms with van der Waals surface area (Å²) in [6.07, 6.45) is 0. The molecule has 146 valence electrons. The maximum atomic E-state index is 12.0. The van der Waals surface area contributed by atoms with E-state index in [9.17, 15) is 4.79 Å². The fraction of sp³-hybridized carbons (Fsp3) is 0.632. The van der Waals surface area contributed by atoms with Crippen LogP contribution in [0.2, 0.25) is 0 Å². The molecule has 7 heteroatoms. The molecule has 2 rings (SSSR count). The fourth-order valence-electron chi connectivity index (χ4n) is 3.62. The van der Waals surface area contributed by atoms with Crippen LogP contribution in [0, 0.1) is 0 Å². The maximum Gasteiger partial charge on any atom is 0.278 e. The zero-order valence-electron chi connectivity index (χ0n) is 16.6. The van der Waals surface area contributed by atoms with E-state index in [2.05, 4.69) is 5.32 Å². The fourth-order valence-corrected chi connectivity index (χ4v) is 3.62. The Hall–Kier alpha value is -1.99. The molecule has 0 aromatic heterocycles. The monoisotopic (exact) mass is 367 g/mol. The number of likely N-dealkylation sites (N-methyl/N-ethyl adjacent to an activating group) is 1. The van der Waals surface area contributed by atoms with Gasteiger partial charge in [0.15, 0.2) is 17.5 Å². The number of rotatable bonds is 8. The van der Waals surface area contributed by atoms with Crippen molar-refractivity contribution in [3.8, 4) is 17.2 Å². The van der Waals surface area contributed by atoms with E-state index in [1.807, 2.05) is 26.0 Å². The van der Waals surface area contributed by atoms with Crippen LogP contribution in [0.25, 0.3) is 0 Å². The molecule has 1 aliphatic rings. The van der Waals surface area contributed by atoms with E-state index in [4.69, 9.17) is 14.2 Å². The molecule has 1 atom stereocenters. The molecule has 26 heavy (non-hydrogen) atoms. The zero-order chi connectivity index (χ0) is 19.1. The van der Waals surface area contributed by atoms with Gasteiger partial charge in [0.2, 0.25) is 5.75 Å². The number of benzene rings is 1. The highest BCUT2D eigenvalue weighted by Crippen LogP contribution is 2.39. The van der Waals surface area contributed by atoms with Crippen molar-refractivity contribution in [1.82, 2.24) is 5.32 Å². The smallest absolute Gasteiger partial charge is 0.278 e. The molecule has 1 saturated heterocycles. The van der Waals surface area contributed by atoms with Crippen molar-refractivity contribution in [1.29, 1.82) is 0 Å². The molecule has 1 aliphatic heterocycles. The summed E-state index contributed by atoms with van der Waals surface area (Å²) in [5.41, 5.74) is 1.11. The molecular formula is C19H33N3O4+2. The number of hydrogen-bond acceptors (Lipinski definition) is 4. The van der Waals surface area contributed by atoms with Gasteiger partial charge in [0.1, 0.15) is 32.7 Å². The third-order valence-corrected chi connectivity index (χ3v) is 5.18. The Labute approximate surface area is 156 Å². The van der Waals surface area contributed by atoms with Crippen LogP contribution in [0.3, 0.4) is 0 Å². The van der Waals surface area contributed by atoms with E-state index in [0.717, 1.165) is 44.0 Å². The number of amides is 1. The van der Waals surface area contributed by atoms with Crippen LogP contribution in [-0.2, 0) is 11.3 Å². The number of methoxy groups -OCH3 is 3. The first kappa shape index (κ1) is 20.3. The third kappa shape index (κ3) is 4.59. The normalized spacial score (nSPS) is 21.0. The Morgan fingerprint density at radius 1 is 1.08 bits per heavy atom. The van der Waals surface area contributed by atoms with E-state index >= 15 is 0 Å². The number of ether oxygens (including phenoxy) is 3. The molecule has 7 nitrogen and oxygen atoms in total. The highest BCUT2D eigenvalue weighted by molar-refractivity contribution is 5.79. The second-order valence-corrected chi connectivity index (χ2v) is 6.69. The first-order valence-corrected chi connectivity index (χ1v) is 9.29. The van der Waals surface area contributed by atoms with Gasteiger partial charge in [-0.25, -0.2) is 0 Å². The number of piperazine rings is 1. The summed E-state index contributed by atoms with van der Waals surface area (Å²) in [7, 11) is 4.91. The Morgan fingerprint density at radius 3 is 2.27 bits per heavy atom. The number of quaternary nitrogens is 2. The van der Waals surface area contributed by atoms with Crippen LogP contribution in [0.15, 0.2) is 12.1 Å². The summed E-state index contributed by atoms with van der Waals surface area (Å²) in [5.74, 6) is 2.20. The molecule has 3 N–H and O–H groups in total. The van der Waals surface area contributed by atoms with E-state index in [1.54, 1.807) is 21.3 Å². The number of hydrogen-bond donors (Lipinski definition) is 3. The van der Waals surface area contributed by atoms with Crippen LogP contribution >= 0.6 is 0 Å². The topological polar surface area (TPSA) is 65.7 Å². The molecule has 0 spiro atoms. The van der Waals surface area contributed by atoms with E-state index < -0.39 is 0 Å². The lowest BCUT2D eigenvalue weighted by molar-refractivity contribution is -1.02. The second-order valence-electron chi connectivity index (χ2n) is 6.69. The van der Waals surface area contributed by atoms with Crippen LogP contribution in [-0.4, -0.2) is 66.0 Å². The summed E-state index contributed by atoms with van der Waals surface area (Å²) in [5, 5.41) is 2.92. The lowest BCUT2D eigenvalue weighted by Crippen LogP contribution is -3.29. The number of carbonyl (C=O) groups is 1. The van der Waals surface area contributed by atoms with Crippen LogP contribution < -0.4 is 29.3 Å². The van der Waals surface area contributed by atoms with Crippen molar-refractivity contribution >= 4 is 5.91 Å². The Balaban J connectivity index is 2.00. The molecule has 0 radical (unpaired) electrons. The zero-order valence-corrected chi connectivity index (χ0v) is 16.6. The van der Waals surface area contributed by atoms with Gasteiger partial charge in [-0.3, -0.25) is 4.79 Å². The number of nitrogens with one attached hydrogen (secondary N) is 3. The predicted molar refractivity (Wildman–Crippen MR) is 99.3 cm³/mol. The van der Waals surface area contributed by atoms with E-state index in [0.29, 0.717) is 18.0 Å². The van der Waals surface area contributed by atoms with Gasteiger partial charge in [-0.15, -0.1) is 0 Å². The average Bonchev–Trinajstić information content (AvgIpc) is 2.67. The first-order valence-electron chi connectivity index (χ1n) is 9.29. The third-order valence-electron chi connectivity index (χ3n) is 5.18.